The van der Waals surface area contributed by atoms with Gasteiger partial charge in [0.25, 0.3) is 0 Å². The molecule has 0 radical (unpaired) electrons. The van der Waals surface area contributed by atoms with E-state index < -0.39 is 228 Å². The van der Waals surface area contributed by atoms with Crippen LogP contribution in [0.4, 0.5) is 18.0 Å². The highest BCUT2D eigenvalue weighted by atomic mass is 19.4. The summed E-state index contributed by atoms with van der Waals surface area (Å²) in [5.74, 6) is -18.5. The minimum absolute atomic E-state index is 0.00396. The van der Waals surface area contributed by atoms with Gasteiger partial charge in [-0.05, 0) is 93.7 Å². The van der Waals surface area contributed by atoms with Crippen LogP contribution in [0.5, 0.6) is 0 Å². The van der Waals surface area contributed by atoms with Gasteiger partial charge in [-0.1, -0.05) is 105 Å². The van der Waals surface area contributed by atoms with E-state index in [4.69, 9.17) is 21.6 Å². The molecule has 38 heteroatoms. The third-order valence-corrected chi connectivity index (χ3v) is 16.2. The van der Waals surface area contributed by atoms with Crippen molar-refractivity contribution in [3.8, 4) is 0 Å². The number of halogens is 3. The first-order valence-electron chi connectivity index (χ1n) is 34.1. The van der Waals surface area contributed by atoms with Crippen LogP contribution in [0.25, 0.3) is 0 Å². The van der Waals surface area contributed by atoms with Gasteiger partial charge in [0.2, 0.25) is 70.9 Å². The van der Waals surface area contributed by atoms with Gasteiger partial charge in [0.1, 0.15) is 71.7 Å². The highest BCUT2D eigenvalue weighted by molar-refractivity contribution is 6.01. The van der Waals surface area contributed by atoms with Crippen LogP contribution in [0.1, 0.15) is 145 Å². The second-order valence-electron chi connectivity index (χ2n) is 28.6. The lowest BCUT2D eigenvalue weighted by Crippen LogP contribution is -2.65. The number of guanidine groups is 1. The van der Waals surface area contributed by atoms with Crippen molar-refractivity contribution in [2.24, 2.45) is 34.6 Å². The zero-order chi connectivity index (χ0) is 79.8. The maximum absolute atomic E-state index is 15.8. The molecule has 105 heavy (non-hydrogen) atoms. The molecule has 35 nitrogen and oxygen atoms in total. The average molecular weight is 1490 g/mol. The summed E-state index contributed by atoms with van der Waals surface area (Å²) in [6, 6.07) is -13.3. The number of amides is 13. The number of pyridine rings is 1. The molecule has 2 aromatic rings. The molecule has 1 fully saturated rings. The predicted molar refractivity (Wildman–Crippen MR) is 371 cm³/mol. The quantitative estimate of drug-likeness (QED) is 0.0298. The molecule has 1 saturated heterocycles. The molecule has 0 unspecified atom stereocenters. The van der Waals surface area contributed by atoms with Crippen molar-refractivity contribution in [1.82, 2.24) is 74.1 Å². The third kappa shape index (κ3) is 29.7. The SMILES string of the molecule is CC[C@H](C)[C@@H]1NC(=O)[C@@H](CCCNC(=N)N)NC(=O)[C@H](CC(C)C)NC(=O)[C@H]([C@H](O)C(C)C)NC(=O)[C@@H](NC(=O)[C@H](Cc2ccc(C(F)(F)F)nc2)NC(=O)[C@@H](CC(C)(C)C)NC(=O)OC(C)(C)C)[C@@H](c2ccccc2)NC(=O)[C@H](CO)NC(=O)[C@H]([C@H](O)C(N)=O)NC(=O)CNC(=O)[C@H]([C@H](C)O)NC1=O. The Morgan fingerprint density at radius 3 is 1.75 bits per heavy atom. The van der Waals surface area contributed by atoms with Crippen molar-refractivity contribution >= 4 is 82.9 Å². The smallest absolute Gasteiger partial charge is 0.433 e. The van der Waals surface area contributed by atoms with E-state index in [1.807, 2.05) is 10.6 Å². The predicted octanol–water partition coefficient (Wildman–Crippen LogP) is -3.09. The van der Waals surface area contributed by atoms with Crippen LogP contribution in [-0.4, -0.2) is 212 Å². The van der Waals surface area contributed by atoms with E-state index in [1.165, 1.54) is 71.9 Å². The topological polar surface area (TPSA) is 557 Å². The molecule has 22 N–H and O–H groups in total. The number of nitrogens with one attached hydrogen (secondary N) is 14. The number of aromatic nitrogens is 1. The standard InChI is InChI=1S/C67H104F3N17O18/c1-14-33(6)44-59(100)84-45(34(7)89)58(99)76-29-43(90)82-49(51(92)52(71)93)62(103)80-41(30-88)57(98)85-46(36-19-16-15-17-20-36)47(60(101)87-48(50(91)32(4)5)61(102)79-38(25-31(2)3)54(95)77-37(53(94)83-44)21-18-24-74-63(72)73)86-55(96)39(26-35-22-23-42(75-28-35)67(68,69)70)78-56(97)40(27-65(8,9)10)81-64(104)105-66(11,12)13/h15-17,19-20,22-23,28,31-34,37-41,44-51,88-89,91-92H,14,18,21,24-27,29-30H2,1-13H3,(H2,71,93)(H,76,99)(H,77,95)(H,78,97)(H,79,102)(H,80,103)(H,81,104)(H,82,90)(H,83,94)(H,84,100)(H,85,98)(H,86,96)(H,87,101)(H4,72,73,74)/t33-,34-,37+,38-,39-,40+,41-,44-,45-,46+,47-,48-,49-,50+,51-/m0/s1. The lowest BCUT2D eigenvalue weighted by Gasteiger charge is -2.34. The summed E-state index contributed by atoms with van der Waals surface area (Å²) >= 11 is 0. The number of carbonyl (C=O) groups is 13. The molecule has 0 aliphatic carbocycles. The van der Waals surface area contributed by atoms with E-state index in [0.29, 0.717) is 6.07 Å². The van der Waals surface area contributed by atoms with Gasteiger partial charge in [0, 0.05) is 19.2 Å². The van der Waals surface area contributed by atoms with E-state index in [1.54, 1.807) is 41.5 Å². The molecule has 0 saturated carbocycles. The zero-order valence-corrected chi connectivity index (χ0v) is 61.0. The highest BCUT2D eigenvalue weighted by Gasteiger charge is 2.44. The normalized spacial score (nSPS) is 23.1. The van der Waals surface area contributed by atoms with Crippen LogP contribution in [0.2, 0.25) is 0 Å². The van der Waals surface area contributed by atoms with Gasteiger partial charge in [-0.15, -0.1) is 0 Å². The number of aliphatic hydroxyl groups is 4. The van der Waals surface area contributed by atoms with E-state index in [2.05, 4.69) is 63.5 Å². The minimum Gasteiger partial charge on any atom is -0.444 e. The fourth-order valence-electron chi connectivity index (χ4n) is 10.5. The summed E-state index contributed by atoms with van der Waals surface area (Å²) in [6.45, 7) is 17.5. The lowest BCUT2D eigenvalue weighted by molar-refractivity contribution is -0.141. The van der Waals surface area contributed by atoms with Gasteiger partial charge in [-0.25, -0.2) is 4.79 Å². The summed E-state index contributed by atoms with van der Waals surface area (Å²) < 4.78 is 47.2. The number of nitrogens with zero attached hydrogens (tertiary/aromatic N) is 1. The number of hydrogen-bond acceptors (Lipinski definition) is 20. The van der Waals surface area contributed by atoms with Crippen LogP contribution < -0.4 is 80.6 Å². The minimum atomic E-state index is -4.96. The molecule has 1 aromatic heterocycles. The van der Waals surface area contributed by atoms with Crippen molar-refractivity contribution in [1.29, 1.82) is 5.41 Å². The Morgan fingerprint density at radius 1 is 0.667 bits per heavy atom. The third-order valence-electron chi connectivity index (χ3n) is 16.2. The Kier molecular flexibility index (Phi) is 34.4. The number of benzene rings is 1. The first-order valence-corrected chi connectivity index (χ1v) is 34.1. The molecule has 1 aliphatic rings. The van der Waals surface area contributed by atoms with Gasteiger partial charge in [-0.2, -0.15) is 13.2 Å². The van der Waals surface area contributed by atoms with Crippen molar-refractivity contribution in [3.05, 3.63) is 65.5 Å². The van der Waals surface area contributed by atoms with Crippen LogP contribution in [0, 0.1) is 28.6 Å². The van der Waals surface area contributed by atoms with E-state index in [0.717, 1.165) is 19.2 Å². The number of rotatable bonds is 23. The number of nitrogens with two attached hydrogens (primary N) is 2. The molecule has 1 aromatic carbocycles. The number of alkyl halides is 3. The highest BCUT2D eigenvalue weighted by Crippen LogP contribution is 2.28. The Labute approximate surface area is 606 Å². The van der Waals surface area contributed by atoms with E-state index in [-0.39, 0.29) is 49.8 Å². The Bertz CT molecular complexity index is 3360. The fourth-order valence-corrected chi connectivity index (χ4v) is 10.5. The Morgan fingerprint density at radius 2 is 1.23 bits per heavy atom. The first kappa shape index (κ1) is 89.4. The Balaban J connectivity index is 2.53. The van der Waals surface area contributed by atoms with Gasteiger partial charge in [-0.3, -0.25) is 67.9 Å². The number of alkyl carbamates (subject to hydrolysis) is 1. The van der Waals surface area contributed by atoms with Crippen molar-refractivity contribution in [3.63, 3.8) is 0 Å². The molecule has 586 valence electrons. The second kappa shape index (κ2) is 40.5. The summed E-state index contributed by atoms with van der Waals surface area (Å²) in [4.78, 5) is 191. The molecule has 0 spiro atoms. The molecular formula is C67H104F3N17O18. The largest absolute Gasteiger partial charge is 0.444 e. The average Bonchev–Trinajstić information content (AvgIpc) is 0.789. The fraction of sp³-hybridized carbons (Fsp3) is 0.627. The lowest BCUT2D eigenvalue weighted by atomic mass is 9.87. The van der Waals surface area contributed by atoms with Crippen LogP contribution in [-0.2, 0) is 74.9 Å². The van der Waals surface area contributed by atoms with E-state index >= 15 is 14.4 Å². The van der Waals surface area contributed by atoms with Crippen molar-refractivity contribution < 1.29 is 101 Å². The monoisotopic (exact) mass is 1490 g/mol. The number of carbonyl (C=O) groups excluding carboxylic acids is 13. The van der Waals surface area contributed by atoms with Crippen LogP contribution >= 0.6 is 0 Å². The van der Waals surface area contributed by atoms with Crippen LogP contribution in [0.15, 0.2) is 48.7 Å². The number of aliphatic hydroxyl groups excluding tert-OH is 4. The maximum Gasteiger partial charge on any atom is 0.433 e. The van der Waals surface area contributed by atoms with Gasteiger partial charge in [0.15, 0.2) is 12.1 Å². The molecule has 15 atom stereocenters. The summed E-state index contributed by atoms with van der Waals surface area (Å²) in [5, 5.41) is 83.3. The van der Waals surface area contributed by atoms with Crippen molar-refractivity contribution in [2.45, 2.75) is 225 Å². The molecule has 2 heterocycles. The summed E-state index contributed by atoms with van der Waals surface area (Å²) in [5.41, 5.74) is 7.35. The molecule has 1 aliphatic heterocycles. The van der Waals surface area contributed by atoms with E-state index in [9.17, 15) is 81.5 Å². The molecule has 13 amide bonds. The molecule has 0 bridgehead atoms. The molecule has 3 rings (SSSR count). The van der Waals surface area contributed by atoms with Crippen LogP contribution in [0.3, 0.4) is 0 Å². The second-order valence-corrected chi connectivity index (χ2v) is 28.6. The maximum atomic E-state index is 15.8. The summed E-state index contributed by atoms with van der Waals surface area (Å²) in [6.07, 6.45) is -12.8. The summed E-state index contributed by atoms with van der Waals surface area (Å²) in [7, 11) is 0. The van der Waals surface area contributed by atoms with Crippen molar-refractivity contribution in [2.75, 3.05) is 19.7 Å². The van der Waals surface area contributed by atoms with Gasteiger partial charge < -0.3 is 106 Å². The first-order chi connectivity index (χ1) is 48.7. The zero-order valence-electron chi connectivity index (χ0n) is 61.0. The van der Waals surface area contributed by atoms with Gasteiger partial charge >= 0.3 is 12.3 Å². The van der Waals surface area contributed by atoms with Gasteiger partial charge in [0.05, 0.1) is 31.4 Å². The number of primary amides is 1. The number of ether oxygens (including phenoxy) is 1. The Hall–Kier alpha value is -9.82. The molecular weight excluding hydrogens is 1390 g/mol. The number of hydrogen-bond donors (Lipinski definition) is 20.